The van der Waals surface area contributed by atoms with Gasteiger partial charge in [0.15, 0.2) is 18.2 Å². The SMILES string of the molecule is Cc1cc(N)nc(-c2ccc(Oc3ncc(OCC(F)(F)F)cn3)cc2)n1. The molecule has 0 radical (unpaired) electrons. The molecule has 0 aliphatic carbocycles. The van der Waals surface area contributed by atoms with Crippen LogP contribution in [0.25, 0.3) is 11.4 Å². The van der Waals surface area contributed by atoms with E-state index in [-0.39, 0.29) is 11.8 Å². The number of hydrogen-bond acceptors (Lipinski definition) is 7. The van der Waals surface area contributed by atoms with Gasteiger partial charge in [-0.15, -0.1) is 0 Å². The Bertz CT molecular complexity index is 895. The van der Waals surface area contributed by atoms with Gasteiger partial charge in [-0.05, 0) is 31.2 Å². The zero-order valence-electron chi connectivity index (χ0n) is 14.1. The van der Waals surface area contributed by atoms with Crippen molar-refractivity contribution in [1.82, 2.24) is 19.9 Å². The van der Waals surface area contributed by atoms with Gasteiger partial charge in [0, 0.05) is 17.3 Å². The van der Waals surface area contributed by atoms with Crippen LogP contribution >= 0.6 is 0 Å². The van der Waals surface area contributed by atoms with Gasteiger partial charge in [-0.25, -0.2) is 9.97 Å². The lowest BCUT2D eigenvalue weighted by Gasteiger charge is -2.09. The van der Waals surface area contributed by atoms with E-state index in [0.29, 0.717) is 17.4 Å². The third kappa shape index (κ3) is 5.27. The molecule has 2 heterocycles. The van der Waals surface area contributed by atoms with E-state index in [4.69, 9.17) is 10.5 Å². The van der Waals surface area contributed by atoms with E-state index < -0.39 is 12.8 Å². The first-order chi connectivity index (χ1) is 12.8. The lowest BCUT2D eigenvalue weighted by Crippen LogP contribution is -2.19. The first-order valence-corrected chi connectivity index (χ1v) is 7.69. The van der Waals surface area contributed by atoms with Gasteiger partial charge in [0.05, 0.1) is 12.4 Å². The standard InChI is InChI=1S/C17H14F3N5O2/c1-10-6-14(21)25-15(24-10)11-2-4-12(5-3-11)27-16-22-7-13(8-23-16)26-9-17(18,19)20/h2-8H,9H2,1H3,(H2,21,24,25). The van der Waals surface area contributed by atoms with E-state index in [2.05, 4.69) is 24.7 Å². The molecule has 0 aliphatic heterocycles. The molecule has 27 heavy (non-hydrogen) atoms. The highest BCUT2D eigenvalue weighted by molar-refractivity contribution is 5.58. The highest BCUT2D eigenvalue weighted by atomic mass is 19.4. The van der Waals surface area contributed by atoms with Gasteiger partial charge in [0.25, 0.3) is 0 Å². The Balaban J connectivity index is 1.66. The van der Waals surface area contributed by atoms with Crippen molar-refractivity contribution in [3.05, 3.63) is 48.4 Å². The lowest BCUT2D eigenvalue weighted by atomic mass is 10.2. The maximum atomic E-state index is 12.1. The Morgan fingerprint density at radius 2 is 1.67 bits per heavy atom. The maximum Gasteiger partial charge on any atom is 0.422 e. The van der Waals surface area contributed by atoms with Crippen LogP contribution in [0.1, 0.15) is 5.69 Å². The van der Waals surface area contributed by atoms with Gasteiger partial charge in [-0.1, -0.05) is 0 Å². The van der Waals surface area contributed by atoms with Crippen LogP contribution in [0.5, 0.6) is 17.5 Å². The van der Waals surface area contributed by atoms with Crippen LogP contribution in [0.15, 0.2) is 42.7 Å². The predicted molar refractivity (Wildman–Crippen MR) is 90.3 cm³/mol. The molecule has 3 aromatic rings. The van der Waals surface area contributed by atoms with E-state index in [9.17, 15) is 13.2 Å². The molecule has 0 atom stereocenters. The molecular weight excluding hydrogens is 363 g/mol. The third-order valence-electron chi connectivity index (χ3n) is 3.20. The predicted octanol–water partition coefficient (Wildman–Crippen LogP) is 3.56. The van der Waals surface area contributed by atoms with Gasteiger partial charge in [-0.3, -0.25) is 0 Å². The lowest BCUT2D eigenvalue weighted by molar-refractivity contribution is -0.153. The Morgan fingerprint density at radius 1 is 1.00 bits per heavy atom. The molecule has 10 heteroatoms. The number of nitrogens with zero attached hydrogens (tertiary/aromatic N) is 4. The molecule has 0 saturated carbocycles. The number of hydrogen-bond donors (Lipinski definition) is 1. The molecule has 3 rings (SSSR count). The molecule has 140 valence electrons. The van der Waals surface area contributed by atoms with Crippen LogP contribution in [-0.4, -0.2) is 32.7 Å². The zero-order chi connectivity index (χ0) is 19.4. The van der Waals surface area contributed by atoms with Crippen molar-refractivity contribution in [1.29, 1.82) is 0 Å². The first-order valence-electron chi connectivity index (χ1n) is 7.69. The average Bonchev–Trinajstić information content (AvgIpc) is 2.60. The number of nitrogen functional groups attached to an aromatic ring is 1. The highest BCUT2D eigenvalue weighted by Gasteiger charge is 2.28. The van der Waals surface area contributed by atoms with E-state index in [1.807, 2.05) is 6.92 Å². The monoisotopic (exact) mass is 377 g/mol. The van der Waals surface area contributed by atoms with Crippen molar-refractivity contribution in [2.24, 2.45) is 0 Å². The fourth-order valence-electron chi connectivity index (χ4n) is 2.10. The molecule has 2 N–H and O–H groups in total. The first kappa shape index (κ1) is 18.4. The molecule has 0 fully saturated rings. The van der Waals surface area contributed by atoms with Gasteiger partial charge in [0.2, 0.25) is 0 Å². The summed E-state index contributed by atoms with van der Waals surface area (Å²) in [6, 6.07) is 8.44. The third-order valence-corrected chi connectivity index (χ3v) is 3.20. The minimum absolute atomic E-state index is 0.0295. The number of anilines is 1. The Hall–Kier alpha value is -3.43. The average molecular weight is 377 g/mol. The topological polar surface area (TPSA) is 96.0 Å². The number of rotatable bonds is 5. The summed E-state index contributed by atoms with van der Waals surface area (Å²) in [4.78, 5) is 16.1. The number of ether oxygens (including phenoxy) is 2. The molecule has 7 nitrogen and oxygen atoms in total. The van der Waals surface area contributed by atoms with Gasteiger partial charge < -0.3 is 15.2 Å². The van der Waals surface area contributed by atoms with Crippen molar-refractivity contribution in [3.8, 4) is 28.9 Å². The van der Waals surface area contributed by atoms with Crippen LogP contribution in [0, 0.1) is 6.92 Å². The molecule has 1 aromatic carbocycles. The number of alkyl halides is 3. The molecule has 0 amide bonds. The zero-order valence-corrected chi connectivity index (χ0v) is 14.1. The number of benzene rings is 1. The summed E-state index contributed by atoms with van der Waals surface area (Å²) in [7, 11) is 0. The van der Waals surface area contributed by atoms with Crippen molar-refractivity contribution in [2.45, 2.75) is 13.1 Å². The van der Waals surface area contributed by atoms with Crippen LogP contribution in [0.2, 0.25) is 0 Å². The van der Waals surface area contributed by atoms with Crippen molar-refractivity contribution < 1.29 is 22.6 Å². The molecule has 2 aromatic heterocycles. The largest absolute Gasteiger partial charge is 0.481 e. The molecular formula is C17H14F3N5O2. The number of aromatic nitrogens is 4. The fraction of sp³-hybridized carbons (Fsp3) is 0.176. The van der Waals surface area contributed by atoms with Crippen molar-refractivity contribution >= 4 is 5.82 Å². The quantitative estimate of drug-likeness (QED) is 0.726. The molecule has 0 unspecified atom stereocenters. The van der Waals surface area contributed by atoms with Gasteiger partial charge >= 0.3 is 12.2 Å². The van der Waals surface area contributed by atoms with Gasteiger partial charge in [-0.2, -0.15) is 23.1 Å². The number of nitrogens with two attached hydrogens (primary N) is 1. The molecule has 0 bridgehead atoms. The van der Waals surface area contributed by atoms with E-state index in [1.165, 1.54) is 0 Å². The van der Waals surface area contributed by atoms with Crippen molar-refractivity contribution in [2.75, 3.05) is 12.3 Å². The maximum absolute atomic E-state index is 12.1. The normalized spacial score (nSPS) is 11.3. The summed E-state index contributed by atoms with van der Waals surface area (Å²) < 4.78 is 46.3. The minimum atomic E-state index is -4.43. The van der Waals surface area contributed by atoms with E-state index in [0.717, 1.165) is 23.7 Å². The molecule has 0 spiro atoms. The molecule has 0 aliphatic rings. The van der Waals surface area contributed by atoms with Crippen molar-refractivity contribution in [3.63, 3.8) is 0 Å². The second kappa shape index (κ2) is 7.44. The van der Waals surface area contributed by atoms with E-state index in [1.54, 1.807) is 30.3 Å². The van der Waals surface area contributed by atoms with Crippen LogP contribution < -0.4 is 15.2 Å². The summed E-state index contributed by atoms with van der Waals surface area (Å²) in [6.07, 6.45) is -2.22. The second-order valence-corrected chi connectivity index (χ2v) is 5.49. The minimum Gasteiger partial charge on any atom is -0.481 e. The van der Waals surface area contributed by atoms with Crippen LogP contribution in [0.4, 0.5) is 19.0 Å². The Kier molecular flexibility index (Phi) is 5.06. The Labute approximate surface area is 152 Å². The van der Waals surface area contributed by atoms with E-state index >= 15 is 0 Å². The fourth-order valence-corrected chi connectivity index (χ4v) is 2.10. The van der Waals surface area contributed by atoms with Crippen LogP contribution in [-0.2, 0) is 0 Å². The van der Waals surface area contributed by atoms with Crippen LogP contribution in [0.3, 0.4) is 0 Å². The number of aryl methyl sites for hydroxylation is 1. The summed E-state index contributed by atoms with van der Waals surface area (Å²) in [5.74, 6) is 1.19. The summed E-state index contributed by atoms with van der Waals surface area (Å²) in [5, 5.41) is 0. The molecule has 0 saturated heterocycles. The van der Waals surface area contributed by atoms with Gasteiger partial charge in [0.1, 0.15) is 11.6 Å². The Morgan fingerprint density at radius 3 is 2.26 bits per heavy atom. The smallest absolute Gasteiger partial charge is 0.422 e. The summed E-state index contributed by atoms with van der Waals surface area (Å²) >= 11 is 0. The number of halogens is 3. The summed E-state index contributed by atoms with van der Waals surface area (Å²) in [5.41, 5.74) is 7.22. The second-order valence-electron chi connectivity index (χ2n) is 5.49. The highest BCUT2D eigenvalue weighted by Crippen LogP contribution is 2.24. The summed E-state index contributed by atoms with van der Waals surface area (Å²) in [6.45, 7) is 0.405.